The summed E-state index contributed by atoms with van der Waals surface area (Å²) in [6, 6.07) is 11.6. The molecule has 6 nitrogen and oxygen atoms in total. The number of nitrogen functional groups attached to an aromatic ring is 1. The summed E-state index contributed by atoms with van der Waals surface area (Å²) >= 11 is 0. The normalized spacial score (nSPS) is 11.7. The fourth-order valence-electron chi connectivity index (χ4n) is 2.14. The highest BCUT2D eigenvalue weighted by molar-refractivity contribution is 7.93. The minimum Gasteiger partial charge on any atom is -0.398 e. The Morgan fingerprint density at radius 1 is 1.14 bits per heavy atom. The average Bonchev–Trinajstić information content (AvgIpc) is 2.83. The van der Waals surface area contributed by atoms with Gasteiger partial charge in [0, 0.05) is 22.5 Å². The van der Waals surface area contributed by atoms with Gasteiger partial charge in [0.25, 0.3) is 10.0 Å². The van der Waals surface area contributed by atoms with Crippen molar-refractivity contribution in [3.63, 3.8) is 0 Å². The van der Waals surface area contributed by atoms with Gasteiger partial charge in [0.2, 0.25) is 0 Å². The molecule has 0 bridgehead atoms. The van der Waals surface area contributed by atoms with Gasteiger partial charge in [-0.15, -0.1) is 0 Å². The second-order valence-electron chi connectivity index (χ2n) is 4.63. The van der Waals surface area contributed by atoms with Crippen molar-refractivity contribution in [3.05, 3.63) is 48.2 Å². The first-order chi connectivity index (χ1) is 9.97. The number of benzene rings is 2. The van der Waals surface area contributed by atoms with Crippen molar-refractivity contribution in [1.82, 2.24) is 5.16 Å². The van der Waals surface area contributed by atoms with E-state index < -0.39 is 10.0 Å². The molecular weight excluding hydrogens is 290 g/mol. The molecule has 0 radical (unpaired) electrons. The number of fused-ring (bicyclic) bond motifs is 1. The zero-order valence-corrected chi connectivity index (χ0v) is 12.0. The second-order valence-corrected chi connectivity index (χ2v) is 6.28. The molecule has 3 aromatic rings. The molecule has 108 valence electrons. The first-order valence-electron chi connectivity index (χ1n) is 6.21. The van der Waals surface area contributed by atoms with Crippen molar-refractivity contribution in [2.75, 3.05) is 10.5 Å². The van der Waals surface area contributed by atoms with Crippen LogP contribution in [0.5, 0.6) is 0 Å². The van der Waals surface area contributed by atoms with Gasteiger partial charge in [-0.05, 0) is 19.1 Å². The summed E-state index contributed by atoms with van der Waals surface area (Å²) < 4.78 is 32.3. The maximum absolute atomic E-state index is 12.5. The van der Waals surface area contributed by atoms with Gasteiger partial charge in [-0.25, -0.2) is 8.42 Å². The molecular formula is C14H13N3O3S. The van der Waals surface area contributed by atoms with Gasteiger partial charge in [0.15, 0.2) is 5.82 Å². The van der Waals surface area contributed by atoms with Gasteiger partial charge in [-0.3, -0.25) is 4.72 Å². The smallest absolute Gasteiger partial charge is 0.263 e. The molecule has 1 aromatic heterocycles. The highest BCUT2D eigenvalue weighted by Gasteiger charge is 2.19. The largest absolute Gasteiger partial charge is 0.398 e. The van der Waals surface area contributed by atoms with Crippen molar-refractivity contribution < 1.29 is 12.9 Å². The number of sulfonamides is 1. The van der Waals surface area contributed by atoms with E-state index in [-0.39, 0.29) is 10.7 Å². The van der Waals surface area contributed by atoms with Crippen molar-refractivity contribution in [2.24, 2.45) is 0 Å². The summed E-state index contributed by atoms with van der Waals surface area (Å²) in [5, 5.41) is 4.89. The van der Waals surface area contributed by atoms with Gasteiger partial charge in [0.1, 0.15) is 5.76 Å². The number of aromatic nitrogens is 1. The SMILES string of the molecule is Cc1cc(NS(=O)(=O)c2ccc(N)c3ccccc23)no1. The molecule has 2 aromatic carbocycles. The maximum Gasteiger partial charge on any atom is 0.263 e. The summed E-state index contributed by atoms with van der Waals surface area (Å²) in [6.07, 6.45) is 0. The molecule has 0 spiro atoms. The van der Waals surface area contributed by atoms with Crippen molar-refractivity contribution >= 4 is 32.3 Å². The summed E-state index contributed by atoms with van der Waals surface area (Å²) in [5.41, 5.74) is 6.41. The van der Waals surface area contributed by atoms with Crippen LogP contribution in [0.4, 0.5) is 11.5 Å². The van der Waals surface area contributed by atoms with Gasteiger partial charge in [-0.2, -0.15) is 0 Å². The molecule has 0 saturated carbocycles. The lowest BCUT2D eigenvalue weighted by atomic mass is 10.1. The number of aryl methyl sites for hydroxylation is 1. The maximum atomic E-state index is 12.5. The van der Waals surface area contributed by atoms with Crippen molar-refractivity contribution in [3.8, 4) is 0 Å². The molecule has 0 aliphatic heterocycles. The predicted molar refractivity (Wildman–Crippen MR) is 80.4 cm³/mol. The molecule has 3 N–H and O–H groups in total. The summed E-state index contributed by atoms with van der Waals surface area (Å²) in [5.74, 6) is 0.670. The molecule has 0 fully saturated rings. The van der Waals surface area contributed by atoms with Crippen LogP contribution in [0.3, 0.4) is 0 Å². The molecule has 0 amide bonds. The van der Waals surface area contributed by atoms with Gasteiger partial charge in [0.05, 0.1) is 4.90 Å². The van der Waals surface area contributed by atoms with E-state index in [0.29, 0.717) is 22.2 Å². The third kappa shape index (κ3) is 2.43. The number of nitrogens with one attached hydrogen (secondary N) is 1. The molecule has 7 heteroatoms. The highest BCUT2D eigenvalue weighted by atomic mass is 32.2. The van der Waals surface area contributed by atoms with Gasteiger partial charge in [-0.1, -0.05) is 29.4 Å². The Balaban J connectivity index is 2.13. The molecule has 0 aliphatic carbocycles. The molecule has 21 heavy (non-hydrogen) atoms. The lowest BCUT2D eigenvalue weighted by molar-refractivity contribution is 0.400. The standard InChI is InChI=1S/C14H13N3O3S/c1-9-8-14(16-20-9)17-21(18,19)13-7-6-12(15)10-4-2-3-5-11(10)13/h2-8H,15H2,1H3,(H,16,17). The molecule has 0 saturated heterocycles. The third-order valence-electron chi connectivity index (χ3n) is 3.07. The molecule has 3 rings (SSSR count). The van der Waals surface area contributed by atoms with E-state index in [4.69, 9.17) is 10.3 Å². The summed E-state index contributed by atoms with van der Waals surface area (Å²) in [6.45, 7) is 1.68. The molecule has 1 heterocycles. The fraction of sp³-hybridized carbons (Fsp3) is 0.0714. The highest BCUT2D eigenvalue weighted by Crippen LogP contribution is 2.28. The number of anilines is 2. The van der Waals surface area contributed by atoms with E-state index in [1.807, 2.05) is 6.07 Å². The number of hydrogen-bond acceptors (Lipinski definition) is 5. The predicted octanol–water partition coefficient (Wildman–Crippen LogP) is 2.52. The van der Waals surface area contributed by atoms with Crippen LogP contribution in [0.15, 0.2) is 51.9 Å². The Bertz CT molecular complexity index is 916. The quantitative estimate of drug-likeness (QED) is 0.724. The first kappa shape index (κ1) is 13.4. The Labute approximate surface area is 121 Å². The number of rotatable bonds is 3. The van der Waals surface area contributed by atoms with Crippen LogP contribution in [0.2, 0.25) is 0 Å². The van der Waals surface area contributed by atoms with E-state index in [2.05, 4.69) is 9.88 Å². The van der Waals surface area contributed by atoms with Crippen LogP contribution in [-0.4, -0.2) is 13.6 Å². The van der Waals surface area contributed by atoms with Crippen LogP contribution in [0.25, 0.3) is 10.8 Å². The summed E-state index contributed by atoms with van der Waals surface area (Å²) in [4.78, 5) is 0.146. The van der Waals surface area contributed by atoms with Gasteiger partial charge < -0.3 is 10.3 Å². The van der Waals surface area contributed by atoms with E-state index in [1.165, 1.54) is 12.1 Å². The Morgan fingerprint density at radius 3 is 2.52 bits per heavy atom. The van der Waals surface area contributed by atoms with Crippen LogP contribution in [0, 0.1) is 6.92 Å². The third-order valence-corrected chi connectivity index (χ3v) is 4.49. The number of nitrogens with two attached hydrogens (primary N) is 1. The molecule has 0 atom stereocenters. The number of nitrogens with zero attached hydrogens (tertiary/aromatic N) is 1. The lowest BCUT2D eigenvalue weighted by Crippen LogP contribution is -2.13. The van der Waals surface area contributed by atoms with Crippen molar-refractivity contribution in [1.29, 1.82) is 0 Å². The fourth-order valence-corrected chi connectivity index (χ4v) is 3.33. The topological polar surface area (TPSA) is 98.2 Å². The minimum absolute atomic E-state index is 0.146. The van der Waals surface area contributed by atoms with Crippen LogP contribution in [0.1, 0.15) is 5.76 Å². The monoisotopic (exact) mass is 303 g/mol. The van der Waals surface area contributed by atoms with E-state index >= 15 is 0 Å². The van der Waals surface area contributed by atoms with E-state index in [9.17, 15) is 8.42 Å². The van der Waals surface area contributed by atoms with Gasteiger partial charge >= 0.3 is 0 Å². The zero-order chi connectivity index (χ0) is 15.0. The Hall–Kier alpha value is -2.54. The molecule has 0 aliphatic rings. The molecule has 0 unspecified atom stereocenters. The van der Waals surface area contributed by atoms with Crippen LogP contribution < -0.4 is 10.5 Å². The van der Waals surface area contributed by atoms with Crippen LogP contribution >= 0.6 is 0 Å². The minimum atomic E-state index is -3.77. The van der Waals surface area contributed by atoms with E-state index in [0.717, 1.165) is 0 Å². The Morgan fingerprint density at radius 2 is 1.86 bits per heavy atom. The Kier molecular flexibility index (Phi) is 3.06. The average molecular weight is 303 g/mol. The first-order valence-corrected chi connectivity index (χ1v) is 7.69. The second kappa shape index (κ2) is 4.78. The lowest BCUT2D eigenvalue weighted by Gasteiger charge is -2.10. The summed E-state index contributed by atoms with van der Waals surface area (Å²) in [7, 11) is -3.77. The number of hydrogen-bond donors (Lipinski definition) is 2. The van der Waals surface area contributed by atoms with Crippen LogP contribution in [-0.2, 0) is 10.0 Å². The van der Waals surface area contributed by atoms with E-state index in [1.54, 1.807) is 31.2 Å². The zero-order valence-electron chi connectivity index (χ0n) is 11.2. The van der Waals surface area contributed by atoms with Crippen molar-refractivity contribution in [2.45, 2.75) is 11.8 Å².